The predicted molar refractivity (Wildman–Crippen MR) is 126 cm³/mol. The van der Waals surface area contributed by atoms with Crippen LogP contribution in [0.25, 0.3) is 22.1 Å². The number of para-hydroxylation sites is 1. The first-order valence-electron chi connectivity index (χ1n) is 11.0. The molecule has 1 N–H and O–H groups in total. The highest BCUT2D eigenvalue weighted by Gasteiger charge is 2.27. The summed E-state index contributed by atoms with van der Waals surface area (Å²) in [6.45, 7) is 1.87. The van der Waals surface area contributed by atoms with Crippen LogP contribution in [0.2, 0.25) is 0 Å². The molecule has 0 unspecified atom stereocenters. The SMILES string of the molecule is COc1ccc(CNC(=O)C2CCN(c3ncnc4c3oc3ccccc34)CC2)c(OC)c1. The van der Waals surface area contributed by atoms with Crippen molar-refractivity contribution in [3.8, 4) is 11.5 Å². The summed E-state index contributed by atoms with van der Waals surface area (Å²) in [5.41, 5.74) is 3.24. The minimum Gasteiger partial charge on any atom is -0.497 e. The van der Waals surface area contributed by atoms with Gasteiger partial charge in [-0.1, -0.05) is 12.1 Å². The Morgan fingerprint density at radius 2 is 1.94 bits per heavy atom. The molecule has 5 rings (SSSR count). The molecule has 33 heavy (non-hydrogen) atoms. The van der Waals surface area contributed by atoms with Gasteiger partial charge in [0.15, 0.2) is 11.4 Å². The topological polar surface area (TPSA) is 89.7 Å². The smallest absolute Gasteiger partial charge is 0.223 e. The number of ether oxygens (including phenoxy) is 2. The number of nitrogens with one attached hydrogen (secondary N) is 1. The molecule has 1 fully saturated rings. The van der Waals surface area contributed by atoms with Gasteiger partial charge in [-0.05, 0) is 37.1 Å². The number of nitrogens with zero attached hydrogens (tertiary/aromatic N) is 3. The lowest BCUT2D eigenvalue weighted by Crippen LogP contribution is -2.40. The van der Waals surface area contributed by atoms with Crippen molar-refractivity contribution in [2.24, 2.45) is 5.92 Å². The van der Waals surface area contributed by atoms with E-state index in [9.17, 15) is 4.79 Å². The Morgan fingerprint density at radius 3 is 2.73 bits per heavy atom. The molecule has 170 valence electrons. The molecule has 8 heteroatoms. The number of piperidine rings is 1. The predicted octanol–water partition coefficient (Wildman–Crippen LogP) is 3.93. The number of furan rings is 1. The van der Waals surface area contributed by atoms with Crippen LogP contribution in [0.3, 0.4) is 0 Å². The first-order valence-corrected chi connectivity index (χ1v) is 11.0. The summed E-state index contributed by atoms with van der Waals surface area (Å²) in [5, 5.41) is 4.05. The fourth-order valence-electron chi connectivity index (χ4n) is 4.41. The molecule has 4 aromatic rings. The summed E-state index contributed by atoms with van der Waals surface area (Å²) in [4.78, 5) is 23.9. The number of benzene rings is 2. The van der Waals surface area contributed by atoms with Crippen LogP contribution in [0.5, 0.6) is 11.5 Å². The minimum atomic E-state index is -0.0431. The Morgan fingerprint density at radius 1 is 1.12 bits per heavy atom. The van der Waals surface area contributed by atoms with Gasteiger partial charge in [0.05, 0.1) is 14.2 Å². The normalized spacial score (nSPS) is 14.5. The summed E-state index contributed by atoms with van der Waals surface area (Å²) >= 11 is 0. The van der Waals surface area contributed by atoms with Gasteiger partial charge in [-0.25, -0.2) is 9.97 Å². The Hall–Kier alpha value is -3.81. The molecule has 0 aliphatic carbocycles. The monoisotopic (exact) mass is 446 g/mol. The average molecular weight is 447 g/mol. The maximum Gasteiger partial charge on any atom is 0.223 e. The maximum absolute atomic E-state index is 12.8. The van der Waals surface area contributed by atoms with E-state index in [-0.39, 0.29) is 11.8 Å². The Kier molecular flexibility index (Phi) is 5.73. The third-order valence-corrected chi connectivity index (χ3v) is 6.25. The highest BCUT2D eigenvalue weighted by Crippen LogP contribution is 2.33. The van der Waals surface area contributed by atoms with Crippen LogP contribution < -0.4 is 19.7 Å². The van der Waals surface area contributed by atoms with Crippen LogP contribution in [0.4, 0.5) is 5.82 Å². The molecule has 3 heterocycles. The minimum absolute atomic E-state index is 0.0431. The lowest BCUT2D eigenvalue weighted by Gasteiger charge is -2.32. The first kappa shape index (κ1) is 21.1. The van der Waals surface area contributed by atoms with Gasteiger partial charge >= 0.3 is 0 Å². The standard InChI is InChI=1S/C25H26N4O4/c1-31-18-8-7-17(21(13-18)32-2)14-26-25(30)16-9-11-29(12-10-16)24-23-22(27-15-28-24)19-5-3-4-6-20(19)33-23/h3-8,13,15-16H,9-12,14H2,1-2H3,(H,26,30). The van der Waals surface area contributed by atoms with Crippen LogP contribution in [-0.4, -0.2) is 43.2 Å². The number of methoxy groups -OCH3 is 2. The molecule has 0 atom stereocenters. The number of hydrogen-bond acceptors (Lipinski definition) is 7. The number of carbonyl (C=O) groups excluding carboxylic acids is 1. The van der Waals surface area contributed by atoms with Gasteiger partial charge in [-0.3, -0.25) is 4.79 Å². The third kappa shape index (κ3) is 4.04. The average Bonchev–Trinajstić information content (AvgIpc) is 3.26. The van der Waals surface area contributed by atoms with E-state index in [2.05, 4.69) is 20.2 Å². The first-order chi connectivity index (χ1) is 16.2. The van der Waals surface area contributed by atoms with E-state index in [4.69, 9.17) is 13.9 Å². The highest BCUT2D eigenvalue weighted by molar-refractivity contribution is 6.05. The fourth-order valence-corrected chi connectivity index (χ4v) is 4.41. The number of hydrogen-bond donors (Lipinski definition) is 1. The lowest BCUT2D eigenvalue weighted by atomic mass is 9.95. The van der Waals surface area contributed by atoms with Crippen molar-refractivity contribution < 1.29 is 18.7 Å². The molecule has 0 bridgehead atoms. The number of amides is 1. The van der Waals surface area contributed by atoms with Crippen LogP contribution >= 0.6 is 0 Å². The molecule has 1 aliphatic rings. The van der Waals surface area contributed by atoms with E-state index in [1.165, 1.54) is 0 Å². The van der Waals surface area contributed by atoms with Crippen LogP contribution in [0.1, 0.15) is 18.4 Å². The number of fused-ring (bicyclic) bond motifs is 3. The summed E-state index contributed by atoms with van der Waals surface area (Å²) in [7, 11) is 3.23. The second-order valence-corrected chi connectivity index (χ2v) is 8.13. The van der Waals surface area contributed by atoms with Crippen molar-refractivity contribution in [1.82, 2.24) is 15.3 Å². The van der Waals surface area contributed by atoms with E-state index >= 15 is 0 Å². The molecule has 2 aromatic carbocycles. The van der Waals surface area contributed by atoms with Gasteiger partial charge in [-0.15, -0.1) is 0 Å². The number of carbonyl (C=O) groups is 1. The van der Waals surface area contributed by atoms with Crippen molar-refractivity contribution in [3.05, 3.63) is 54.4 Å². The third-order valence-electron chi connectivity index (χ3n) is 6.25. The van der Waals surface area contributed by atoms with Crippen molar-refractivity contribution in [3.63, 3.8) is 0 Å². The molecule has 8 nitrogen and oxygen atoms in total. The summed E-state index contributed by atoms with van der Waals surface area (Å²) in [5.74, 6) is 2.22. The largest absolute Gasteiger partial charge is 0.497 e. The maximum atomic E-state index is 12.8. The van der Waals surface area contributed by atoms with E-state index < -0.39 is 0 Å². The van der Waals surface area contributed by atoms with Crippen LogP contribution in [-0.2, 0) is 11.3 Å². The molecular formula is C25H26N4O4. The zero-order chi connectivity index (χ0) is 22.8. The van der Waals surface area contributed by atoms with Gasteiger partial charge in [0.2, 0.25) is 5.91 Å². The lowest BCUT2D eigenvalue weighted by molar-refractivity contribution is -0.125. The number of rotatable bonds is 6. The zero-order valence-electron chi connectivity index (χ0n) is 18.7. The summed E-state index contributed by atoms with van der Waals surface area (Å²) < 4.78 is 16.7. The molecule has 0 radical (unpaired) electrons. The zero-order valence-corrected chi connectivity index (χ0v) is 18.7. The Bertz CT molecular complexity index is 1290. The molecule has 1 amide bonds. The Balaban J connectivity index is 1.24. The highest BCUT2D eigenvalue weighted by atomic mass is 16.5. The summed E-state index contributed by atoms with van der Waals surface area (Å²) in [6.07, 6.45) is 3.08. The molecule has 0 saturated carbocycles. The Labute approximate surface area is 191 Å². The van der Waals surface area contributed by atoms with E-state index in [1.54, 1.807) is 20.5 Å². The molecule has 1 aliphatic heterocycles. The molecule has 1 saturated heterocycles. The van der Waals surface area contributed by atoms with Gasteiger partial charge in [0.1, 0.15) is 28.9 Å². The molecule has 2 aromatic heterocycles. The van der Waals surface area contributed by atoms with E-state index in [0.29, 0.717) is 17.9 Å². The van der Waals surface area contributed by atoms with Gasteiger partial charge in [-0.2, -0.15) is 0 Å². The van der Waals surface area contributed by atoms with Crippen molar-refractivity contribution >= 4 is 33.8 Å². The van der Waals surface area contributed by atoms with Crippen molar-refractivity contribution in [1.29, 1.82) is 0 Å². The molecule has 0 spiro atoms. The summed E-state index contributed by atoms with van der Waals surface area (Å²) in [6, 6.07) is 13.5. The number of anilines is 1. The molecular weight excluding hydrogens is 420 g/mol. The fraction of sp³-hybridized carbons (Fsp3) is 0.320. The number of aromatic nitrogens is 2. The second kappa shape index (κ2) is 8.97. The van der Waals surface area contributed by atoms with Gasteiger partial charge in [0.25, 0.3) is 0 Å². The van der Waals surface area contributed by atoms with Gasteiger partial charge < -0.3 is 24.1 Å². The second-order valence-electron chi connectivity index (χ2n) is 8.13. The van der Waals surface area contributed by atoms with Crippen LogP contribution in [0.15, 0.2) is 53.2 Å². The van der Waals surface area contributed by atoms with E-state index in [1.807, 2.05) is 42.5 Å². The van der Waals surface area contributed by atoms with Crippen LogP contribution in [0, 0.1) is 5.92 Å². The van der Waals surface area contributed by atoms with E-state index in [0.717, 1.165) is 59.5 Å². The quantitative estimate of drug-likeness (QED) is 0.480. The van der Waals surface area contributed by atoms with Crippen molar-refractivity contribution in [2.45, 2.75) is 19.4 Å². The van der Waals surface area contributed by atoms with Crippen molar-refractivity contribution in [2.75, 3.05) is 32.2 Å². The van der Waals surface area contributed by atoms with Gasteiger partial charge in [0, 0.05) is 42.6 Å².